The Hall–Kier alpha value is -1.35. The second kappa shape index (κ2) is 6.54. The van der Waals surface area contributed by atoms with Gasteiger partial charge in [0.1, 0.15) is 6.61 Å². The topological polar surface area (TPSA) is 26.3 Å². The molecular formula is C15H22O2Si. The van der Waals surface area contributed by atoms with E-state index in [2.05, 4.69) is 26.6 Å². The van der Waals surface area contributed by atoms with Crippen molar-refractivity contribution in [2.75, 3.05) is 0 Å². The zero-order chi connectivity index (χ0) is 13.6. The summed E-state index contributed by atoms with van der Waals surface area (Å²) in [6, 6.07) is 9.75. The van der Waals surface area contributed by atoms with E-state index in [0.29, 0.717) is 6.61 Å². The molecule has 0 saturated carbocycles. The predicted molar refractivity (Wildman–Crippen MR) is 78.0 cm³/mol. The van der Waals surface area contributed by atoms with Gasteiger partial charge in [-0.2, -0.15) is 0 Å². The van der Waals surface area contributed by atoms with Crippen LogP contribution < -0.4 is 0 Å². The molecule has 1 aromatic carbocycles. The molecule has 0 amide bonds. The lowest BCUT2D eigenvalue weighted by molar-refractivity contribution is -0.139. The summed E-state index contributed by atoms with van der Waals surface area (Å²) >= 11 is 0. The minimum absolute atomic E-state index is 0.224. The highest BCUT2D eigenvalue weighted by atomic mass is 28.3. The Kier molecular flexibility index (Phi) is 5.35. The van der Waals surface area contributed by atoms with Crippen molar-refractivity contribution in [1.29, 1.82) is 0 Å². The fourth-order valence-electron chi connectivity index (χ4n) is 1.76. The van der Waals surface area contributed by atoms with Crippen molar-refractivity contribution in [1.82, 2.24) is 0 Å². The van der Waals surface area contributed by atoms with Crippen LogP contribution in [0.4, 0.5) is 0 Å². The van der Waals surface area contributed by atoms with E-state index in [1.807, 2.05) is 30.3 Å². The zero-order valence-corrected chi connectivity index (χ0v) is 12.7. The molecule has 18 heavy (non-hydrogen) atoms. The number of hydrogen-bond acceptors (Lipinski definition) is 2. The van der Waals surface area contributed by atoms with Gasteiger partial charge >= 0.3 is 5.97 Å². The zero-order valence-electron chi connectivity index (χ0n) is 11.7. The molecule has 1 rings (SSSR count). The molecule has 0 bridgehead atoms. The summed E-state index contributed by atoms with van der Waals surface area (Å²) < 4.78 is 5.26. The molecule has 0 spiro atoms. The highest BCUT2D eigenvalue weighted by Crippen LogP contribution is 2.17. The number of carbonyl (C=O) groups excluding carboxylic acids is 1. The second-order valence-corrected chi connectivity index (χ2v) is 10.5. The summed E-state index contributed by atoms with van der Waals surface area (Å²) in [5.41, 5.74) is 1.02. The first-order valence-electron chi connectivity index (χ1n) is 6.35. The van der Waals surface area contributed by atoms with Crippen LogP contribution in [0.25, 0.3) is 0 Å². The summed E-state index contributed by atoms with van der Waals surface area (Å²) in [7, 11) is -1.40. The maximum absolute atomic E-state index is 11.8. The predicted octanol–water partition coefficient (Wildman–Crippen LogP) is 3.94. The standard InChI is InChI=1S/C15H22O2Si/c1-5-14(18(2,3)4)11-15(16)17-12-13-9-7-6-8-10-13/h6-11H,5,12H2,1-4H3/b14-11-. The van der Waals surface area contributed by atoms with Crippen LogP contribution in [-0.2, 0) is 16.1 Å². The van der Waals surface area contributed by atoms with Crippen LogP contribution in [0.1, 0.15) is 18.9 Å². The van der Waals surface area contributed by atoms with Crippen molar-refractivity contribution in [2.45, 2.75) is 39.6 Å². The first-order valence-corrected chi connectivity index (χ1v) is 9.85. The van der Waals surface area contributed by atoms with Gasteiger partial charge in [-0.3, -0.25) is 0 Å². The molecule has 0 atom stereocenters. The van der Waals surface area contributed by atoms with E-state index in [-0.39, 0.29) is 5.97 Å². The van der Waals surface area contributed by atoms with E-state index in [9.17, 15) is 4.79 Å². The average molecular weight is 262 g/mol. The summed E-state index contributed by atoms with van der Waals surface area (Å²) in [6.45, 7) is 9.17. The highest BCUT2D eigenvalue weighted by Gasteiger charge is 2.19. The maximum Gasteiger partial charge on any atom is 0.330 e. The number of hydrogen-bond donors (Lipinski definition) is 0. The van der Waals surface area contributed by atoms with Gasteiger partial charge < -0.3 is 4.74 Å². The molecule has 0 saturated heterocycles. The van der Waals surface area contributed by atoms with Gasteiger partial charge in [-0.1, -0.05) is 62.1 Å². The lowest BCUT2D eigenvalue weighted by atomic mass is 10.2. The fraction of sp³-hybridized carbons (Fsp3) is 0.400. The normalized spacial score (nSPS) is 12.3. The molecule has 0 aliphatic rings. The Morgan fingerprint density at radius 1 is 1.22 bits per heavy atom. The van der Waals surface area contributed by atoms with Crippen LogP contribution in [0.3, 0.4) is 0 Å². The Morgan fingerprint density at radius 2 is 1.83 bits per heavy atom. The minimum Gasteiger partial charge on any atom is -0.458 e. The van der Waals surface area contributed by atoms with Gasteiger partial charge in [0, 0.05) is 6.08 Å². The Labute approximate surface area is 111 Å². The monoisotopic (exact) mass is 262 g/mol. The third kappa shape index (κ3) is 4.88. The van der Waals surface area contributed by atoms with Crippen molar-refractivity contribution in [2.24, 2.45) is 0 Å². The lowest BCUT2D eigenvalue weighted by Crippen LogP contribution is -2.24. The third-order valence-corrected chi connectivity index (χ3v) is 5.28. The number of carbonyl (C=O) groups is 1. The minimum atomic E-state index is -1.40. The van der Waals surface area contributed by atoms with Crippen molar-refractivity contribution >= 4 is 14.0 Å². The molecule has 2 nitrogen and oxygen atoms in total. The highest BCUT2D eigenvalue weighted by molar-refractivity contribution is 6.83. The first-order chi connectivity index (χ1) is 8.43. The van der Waals surface area contributed by atoms with E-state index in [1.54, 1.807) is 6.08 Å². The van der Waals surface area contributed by atoms with E-state index in [4.69, 9.17) is 4.74 Å². The summed E-state index contributed by atoms with van der Waals surface area (Å²) in [6.07, 6.45) is 2.62. The van der Waals surface area contributed by atoms with Gasteiger partial charge in [0.2, 0.25) is 0 Å². The van der Waals surface area contributed by atoms with E-state index in [0.717, 1.165) is 12.0 Å². The van der Waals surface area contributed by atoms with Crippen molar-refractivity contribution in [3.63, 3.8) is 0 Å². The van der Waals surface area contributed by atoms with Crippen LogP contribution in [0.2, 0.25) is 19.6 Å². The second-order valence-electron chi connectivity index (χ2n) is 5.37. The van der Waals surface area contributed by atoms with Gasteiger partial charge in [-0.25, -0.2) is 4.79 Å². The Morgan fingerprint density at radius 3 is 2.33 bits per heavy atom. The first kappa shape index (κ1) is 14.7. The Balaban J connectivity index is 2.59. The largest absolute Gasteiger partial charge is 0.458 e. The van der Waals surface area contributed by atoms with Crippen molar-refractivity contribution in [3.05, 3.63) is 47.2 Å². The van der Waals surface area contributed by atoms with Gasteiger partial charge in [-0.15, -0.1) is 0 Å². The molecule has 0 unspecified atom stereocenters. The van der Waals surface area contributed by atoms with Gasteiger partial charge in [0.05, 0.1) is 8.07 Å². The van der Waals surface area contributed by atoms with Gasteiger partial charge in [0.15, 0.2) is 0 Å². The summed E-state index contributed by atoms with van der Waals surface area (Å²) in [5.74, 6) is -0.224. The molecular weight excluding hydrogens is 240 g/mol. The molecule has 0 fully saturated rings. The van der Waals surface area contributed by atoms with Crippen molar-refractivity contribution < 1.29 is 9.53 Å². The molecule has 98 valence electrons. The quantitative estimate of drug-likeness (QED) is 0.456. The molecule has 1 aromatic rings. The number of benzene rings is 1. The molecule has 0 N–H and O–H groups in total. The number of esters is 1. The van der Waals surface area contributed by atoms with Crippen LogP contribution in [-0.4, -0.2) is 14.0 Å². The van der Waals surface area contributed by atoms with E-state index < -0.39 is 8.07 Å². The number of rotatable bonds is 5. The van der Waals surface area contributed by atoms with Crippen LogP contribution >= 0.6 is 0 Å². The van der Waals surface area contributed by atoms with E-state index in [1.165, 1.54) is 5.20 Å². The smallest absolute Gasteiger partial charge is 0.330 e. The average Bonchev–Trinajstić information content (AvgIpc) is 2.33. The molecule has 0 aliphatic carbocycles. The maximum atomic E-state index is 11.8. The van der Waals surface area contributed by atoms with Crippen LogP contribution in [0.15, 0.2) is 41.6 Å². The molecule has 0 radical (unpaired) electrons. The molecule has 0 aliphatic heterocycles. The molecule has 0 heterocycles. The van der Waals surface area contributed by atoms with Crippen LogP contribution in [0, 0.1) is 0 Å². The molecule has 3 heteroatoms. The lowest BCUT2D eigenvalue weighted by Gasteiger charge is -2.19. The van der Waals surface area contributed by atoms with Crippen molar-refractivity contribution in [3.8, 4) is 0 Å². The SMILES string of the molecule is CC/C(=C/C(=O)OCc1ccccc1)[Si](C)(C)C. The van der Waals surface area contributed by atoms with E-state index >= 15 is 0 Å². The Bertz CT molecular complexity index is 416. The van der Waals surface area contributed by atoms with Gasteiger partial charge in [0.25, 0.3) is 0 Å². The molecule has 0 aromatic heterocycles. The number of ether oxygens (including phenoxy) is 1. The summed E-state index contributed by atoms with van der Waals surface area (Å²) in [4.78, 5) is 11.8. The fourth-order valence-corrected chi connectivity index (χ4v) is 3.37. The van der Waals surface area contributed by atoms with Crippen LogP contribution in [0.5, 0.6) is 0 Å². The summed E-state index contributed by atoms with van der Waals surface area (Å²) in [5, 5.41) is 1.25. The van der Waals surface area contributed by atoms with Gasteiger partial charge in [-0.05, 0) is 12.0 Å². The third-order valence-electron chi connectivity index (χ3n) is 2.86. The number of allylic oxidation sites excluding steroid dienone is 1.